The molecule has 0 saturated carbocycles. The van der Waals surface area contributed by atoms with Gasteiger partial charge in [-0.25, -0.2) is 9.78 Å². The first kappa shape index (κ1) is 21.1. The van der Waals surface area contributed by atoms with Crippen LogP contribution in [0, 0.1) is 0 Å². The smallest absolute Gasteiger partial charge is 0.323 e. The number of anilines is 2. The van der Waals surface area contributed by atoms with Gasteiger partial charge in [0.25, 0.3) is 0 Å². The van der Waals surface area contributed by atoms with Gasteiger partial charge in [0.15, 0.2) is 0 Å². The molecule has 0 radical (unpaired) electrons. The molecule has 32 heavy (non-hydrogen) atoms. The predicted molar refractivity (Wildman–Crippen MR) is 129 cm³/mol. The van der Waals surface area contributed by atoms with Gasteiger partial charge in [0, 0.05) is 11.9 Å². The lowest BCUT2D eigenvalue weighted by molar-refractivity contribution is 0.262. The first-order valence-electron chi connectivity index (χ1n) is 10.5. The monoisotopic (exact) mass is 423 g/mol. The number of amides is 2. The van der Waals surface area contributed by atoms with E-state index in [1.807, 2.05) is 60.7 Å². The summed E-state index contributed by atoms with van der Waals surface area (Å²) in [6, 6.07) is 28.8. The molecule has 0 spiro atoms. The summed E-state index contributed by atoms with van der Waals surface area (Å²) in [5, 5.41) is 5.68. The van der Waals surface area contributed by atoms with Crippen molar-refractivity contribution >= 4 is 17.4 Å². The molecule has 0 fully saturated rings. The van der Waals surface area contributed by atoms with E-state index in [2.05, 4.69) is 47.7 Å². The zero-order chi connectivity index (χ0) is 22.3. The molecule has 3 aromatic carbocycles. The number of urea groups is 1. The lowest BCUT2D eigenvalue weighted by atomic mass is 10.0. The molecular formula is C27H25N3O2. The number of rotatable bonds is 6. The van der Waals surface area contributed by atoms with Crippen molar-refractivity contribution in [3.63, 3.8) is 0 Å². The number of ether oxygens (including phenoxy) is 1. The van der Waals surface area contributed by atoms with E-state index in [-0.39, 0.29) is 6.03 Å². The van der Waals surface area contributed by atoms with Gasteiger partial charge < -0.3 is 15.4 Å². The highest BCUT2D eigenvalue weighted by atomic mass is 16.5. The molecule has 1 heterocycles. The van der Waals surface area contributed by atoms with Crippen molar-refractivity contribution in [1.29, 1.82) is 0 Å². The Bertz CT molecular complexity index is 1190. The minimum atomic E-state index is -0.369. The topological polar surface area (TPSA) is 63.2 Å². The molecule has 0 saturated heterocycles. The number of nitrogens with one attached hydrogen (secondary N) is 2. The largest absolute Gasteiger partial charge is 0.437 e. The average Bonchev–Trinajstić information content (AvgIpc) is 2.81. The molecule has 0 aliphatic heterocycles. The van der Waals surface area contributed by atoms with Crippen LogP contribution in [0.1, 0.15) is 25.3 Å². The second-order valence-electron chi connectivity index (χ2n) is 7.71. The summed E-state index contributed by atoms with van der Waals surface area (Å²) < 4.78 is 5.96. The number of hydrogen-bond donors (Lipinski definition) is 2. The van der Waals surface area contributed by atoms with Crippen LogP contribution in [0.3, 0.4) is 0 Å². The fraction of sp³-hybridized carbons (Fsp3) is 0.111. The predicted octanol–water partition coefficient (Wildman–Crippen LogP) is 7.31. The summed E-state index contributed by atoms with van der Waals surface area (Å²) in [6.45, 7) is 4.26. The Morgan fingerprint density at radius 1 is 0.812 bits per heavy atom. The number of nitrogens with zero attached hydrogens (tertiary/aromatic N) is 1. The average molecular weight is 424 g/mol. The fourth-order valence-corrected chi connectivity index (χ4v) is 3.28. The lowest BCUT2D eigenvalue weighted by Crippen LogP contribution is -2.19. The lowest BCUT2D eigenvalue weighted by Gasteiger charge is -2.13. The number of hydrogen-bond acceptors (Lipinski definition) is 3. The Morgan fingerprint density at radius 3 is 2.31 bits per heavy atom. The van der Waals surface area contributed by atoms with E-state index < -0.39 is 0 Å². The van der Waals surface area contributed by atoms with Gasteiger partial charge in [-0.3, -0.25) is 0 Å². The maximum atomic E-state index is 12.6. The van der Waals surface area contributed by atoms with Gasteiger partial charge >= 0.3 is 6.03 Å². The van der Waals surface area contributed by atoms with E-state index >= 15 is 0 Å². The molecule has 2 N–H and O–H groups in total. The molecule has 0 unspecified atom stereocenters. The summed E-state index contributed by atoms with van der Waals surface area (Å²) in [6.07, 6.45) is 1.63. The molecule has 0 aliphatic carbocycles. The van der Waals surface area contributed by atoms with Gasteiger partial charge in [-0.15, -0.1) is 0 Å². The molecule has 5 heteroatoms. The van der Waals surface area contributed by atoms with Crippen molar-refractivity contribution in [3.05, 3.63) is 103 Å². The summed E-state index contributed by atoms with van der Waals surface area (Å²) in [4.78, 5) is 16.9. The second kappa shape index (κ2) is 9.79. The van der Waals surface area contributed by atoms with Crippen molar-refractivity contribution in [2.75, 3.05) is 10.6 Å². The van der Waals surface area contributed by atoms with Crippen molar-refractivity contribution in [2.24, 2.45) is 0 Å². The first-order chi connectivity index (χ1) is 15.6. The Kier molecular flexibility index (Phi) is 6.46. The quantitative estimate of drug-likeness (QED) is 0.342. The SMILES string of the molecule is CC(C)c1cccc(Oc2ncccc2NC(=O)Nc2ccc(-c3ccccc3)cc2)c1. The van der Waals surface area contributed by atoms with E-state index in [4.69, 9.17) is 4.74 Å². The van der Waals surface area contributed by atoms with Crippen LogP contribution in [0.15, 0.2) is 97.2 Å². The molecule has 4 aromatic rings. The second-order valence-corrected chi connectivity index (χ2v) is 7.71. The van der Waals surface area contributed by atoms with Crippen LogP contribution in [0.2, 0.25) is 0 Å². The van der Waals surface area contributed by atoms with Crippen LogP contribution in [-0.2, 0) is 0 Å². The van der Waals surface area contributed by atoms with E-state index in [0.29, 0.717) is 28.9 Å². The van der Waals surface area contributed by atoms with Crippen LogP contribution in [0.5, 0.6) is 11.6 Å². The zero-order valence-electron chi connectivity index (χ0n) is 18.1. The molecule has 1 aromatic heterocycles. The highest BCUT2D eigenvalue weighted by Crippen LogP contribution is 2.29. The Balaban J connectivity index is 1.43. The standard InChI is InChI=1S/C27H25N3O2/c1-19(2)22-10-6-11-24(18-22)32-26-25(12-7-17-28-26)30-27(31)29-23-15-13-21(14-16-23)20-8-4-3-5-9-20/h3-19H,1-2H3,(H2,29,30,31). The van der Waals surface area contributed by atoms with E-state index in [1.165, 1.54) is 5.56 Å². The number of aromatic nitrogens is 1. The van der Waals surface area contributed by atoms with Crippen molar-refractivity contribution < 1.29 is 9.53 Å². The summed E-state index contributed by atoms with van der Waals surface area (Å²) in [5.74, 6) is 1.40. The van der Waals surface area contributed by atoms with Crippen LogP contribution in [0.25, 0.3) is 11.1 Å². The highest BCUT2D eigenvalue weighted by Gasteiger charge is 2.11. The van der Waals surface area contributed by atoms with Gasteiger partial charge in [-0.1, -0.05) is 68.4 Å². The van der Waals surface area contributed by atoms with E-state index in [9.17, 15) is 4.79 Å². The summed E-state index contributed by atoms with van der Waals surface area (Å²) in [5.41, 5.74) is 4.56. The number of benzene rings is 3. The van der Waals surface area contributed by atoms with E-state index in [0.717, 1.165) is 11.1 Å². The van der Waals surface area contributed by atoms with Crippen molar-refractivity contribution in [1.82, 2.24) is 4.98 Å². The molecule has 4 rings (SSSR count). The summed E-state index contributed by atoms with van der Waals surface area (Å²) in [7, 11) is 0. The number of carbonyl (C=O) groups is 1. The molecule has 160 valence electrons. The number of carbonyl (C=O) groups excluding carboxylic acids is 1. The molecule has 0 bridgehead atoms. The maximum absolute atomic E-state index is 12.6. The minimum Gasteiger partial charge on any atom is -0.437 e. The normalized spacial score (nSPS) is 10.6. The third kappa shape index (κ3) is 5.32. The minimum absolute atomic E-state index is 0.336. The van der Waals surface area contributed by atoms with Crippen LogP contribution in [0.4, 0.5) is 16.2 Å². The molecule has 2 amide bonds. The molecule has 0 atom stereocenters. The van der Waals surface area contributed by atoms with Gasteiger partial charge in [0.2, 0.25) is 5.88 Å². The zero-order valence-corrected chi connectivity index (χ0v) is 18.1. The van der Waals surface area contributed by atoms with Crippen LogP contribution < -0.4 is 15.4 Å². The van der Waals surface area contributed by atoms with Gasteiger partial charge in [-0.05, 0) is 59.0 Å². The molecular weight excluding hydrogens is 398 g/mol. The van der Waals surface area contributed by atoms with Gasteiger partial charge in [0.05, 0.1) is 0 Å². The third-order valence-electron chi connectivity index (χ3n) is 5.01. The fourth-order valence-electron chi connectivity index (χ4n) is 3.28. The van der Waals surface area contributed by atoms with Crippen LogP contribution in [-0.4, -0.2) is 11.0 Å². The van der Waals surface area contributed by atoms with Crippen LogP contribution >= 0.6 is 0 Å². The van der Waals surface area contributed by atoms with Crippen molar-refractivity contribution in [2.45, 2.75) is 19.8 Å². The Hall–Kier alpha value is -4.12. The third-order valence-corrected chi connectivity index (χ3v) is 5.01. The van der Waals surface area contributed by atoms with E-state index in [1.54, 1.807) is 18.3 Å². The first-order valence-corrected chi connectivity index (χ1v) is 10.5. The molecule has 5 nitrogen and oxygen atoms in total. The maximum Gasteiger partial charge on any atom is 0.323 e. The van der Waals surface area contributed by atoms with Gasteiger partial charge in [-0.2, -0.15) is 0 Å². The van der Waals surface area contributed by atoms with Gasteiger partial charge in [0.1, 0.15) is 11.4 Å². The Morgan fingerprint density at radius 2 is 1.56 bits per heavy atom. The molecule has 0 aliphatic rings. The van der Waals surface area contributed by atoms with Crippen molar-refractivity contribution in [3.8, 4) is 22.8 Å². The highest BCUT2D eigenvalue weighted by molar-refractivity contribution is 6.00. The number of pyridine rings is 1. The Labute approximate surface area is 188 Å². The summed E-state index contributed by atoms with van der Waals surface area (Å²) >= 11 is 0.